The van der Waals surface area contributed by atoms with Gasteiger partial charge in [-0.2, -0.15) is 0 Å². The van der Waals surface area contributed by atoms with Gasteiger partial charge in [-0.15, -0.1) is 0 Å². The molecule has 4 aromatic carbocycles. The third kappa shape index (κ3) is 5.60. The fraction of sp³-hybridized carbons (Fsp3) is 0.176. The quantitative estimate of drug-likeness (QED) is 0.276. The van der Waals surface area contributed by atoms with Crippen LogP contribution < -0.4 is 10.1 Å². The molecule has 0 aliphatic heterocycles. The Labute approximate surface area is 215 Å². The van der Waals surface area contributed by atoms with Gasteiger partial charge in [0.2, 0.25) is 0 Å². The van der Waals surface area contributed by atoms with Gasteiger partial charge in [0.05, 0.1) is 6.61 Å². The number of rotatable bonds is 8. The largest absolute Gasteiger partial charge is 0.493 e. The lowest BCUT2D eigenvalue weighted by atomic mass is 9.81. The van der Waals surface area contributed by atoms with Crippen molar-refractivity contribution in [3.05, 3.63) is 138 Å². The molecule has 0 heterocycles. The van der Waals surface area contributed by atoms with Crippen LogP contribution in [0.2, 0.25) is 0 Å². The van der Waals surface area contributed by atoms with Gasteiger partial charge >= 0.3 is 0 Å². The molecule has 0 radical (unpaired) electrons. The smallest absolute Gasteiger partial charge is 0.124 e. The van der Waals surface area contributed by atoms with E-state index in [1.54, 1.807) is 0 Å². The van der Waals surface area contributed by atoms with Gasteiger partial charge in [-0.25, -0.2) is 0 Å². The average Bonchev–Trinajstić information content (AvgIpc) is 2.94. The highest BCUT2D eigenvalue weighted by Crippen LogP contribution is 2.39. The molecule has 0 fully saturated rings. The Morgan fingerprint density at radius 2 is 1.50 bits per heavy atom. The number of allylic oxidation sites excluding steroid dienone is 4. The molecule has 0 amide bonds. The summed E-state index contributed by atoms with van der Waals surface area (Å²) >= 11 is 0. The number of ether oxygens (including phenoxy) is 1. The van der Waals surface area contributed by atoms with Crippen molar-refractivity contribution in [3.8, 4) is 5.75 Å². The lowest BCUT2D eigenvalue weighted by Crippen LogP contribution is -2.04. The van der Waals surface area contributed by atoms with E-state index in [0.29, 0.717) is 5.92 Å². The zero-order valence-electron chi connectivity index (χ0n) is 21.1. The van der Waals surface area contributed by atoms with E-state index < -0.39 is 0 Å². The van der Waals surface area contributed by atoms with E-state index >= 15 is 0 Å². The molecule has 1 N–H and O–H groups in total. The third-order valence-electron chi connectivity index (χ3n) is 6.66. The highest BCUT2D eigenvalue weighted by atomic mass is 16.5. The minimum absolute atomic E-state index is 0.295. The lowest BCUT2D eigenvalue weighted by Gasteiger charge is -2.24. The van der Waals surface area contributed by atoms with Crippen LogP contribution >= 0.6 is 0 Å². The third-order valence-corrected chi connectivity index (χ3v) is 6.66. The summed E-state index contributed by atoms with van der Waals surface area (Å²) < 4.78 is 5.94. The first kappa shape index (κ1) is 23.7. The van der Waals surface area contributed by atoms with Crippen molar-refractivity contribution in [2.45, 2.75) is 32.6 Å². The predicted octanol–water partition coefficient (Wildman–Crippen LogP) is 9.18. The Morgan fingerprint density at radius 3 is 2.25 bits per heavy atom. The molecule has 1 aliphatic carbocycles. The Morgan fingerprint density at radius 1 is 0.778 bits per heavy atom. The maximum absolute atomic E-state index is 5.94. The first-order chi connectivity index (χ1) is 17.7. The van der Waals surface area contributed by atoms with Gasteiger partial charge in [-0.05, 0) is 71.4 Å². The molecule has 0 bridgehead atoms. The van der Waals surface area contributed by atoms with Gasteiger partial charge < -0.3 is 10.1 Å². The molecule has 5 rings (SSSR count). The molecule has 0 saturated carbocycles. The second-order valence-corrected chi connectivity index (χ2v) is 9.41. The monoisotopic (exact) mass is 471 g/mol. The van der Waals surface area contributed by atoms with Crippen LogP contribution in [0.5, 0.6) is 5.75 Å². The highest BCUT2D eigenvalue weighted by molar-refractivity contribution is 5.87. The fourth-order valence-electron chi connectivity index (χ4n) is 4.74. The van der Waals surface area contributed by atoms with E-state index in [1.807, 2.05) is 0 Å². The molecule has 1 atom stereocenters. The molecular weight excluding hydrogens is 438 g/mol. The maximum atomic E-state index is 5.94. The molecule has 180 valence electrons. The molecule has 2 nitrogen and oxygen atoms in total. The summed E-state index contributed by atoms with van der Waals surface area (Å²) in [5.74, 6) is 1.24. The van der Waals surface area contributed by atoms with Crippen molar-refractivity contribution in [2.75, 3.05) is 11.9 Å². The van der Waals surface area contributed by atoms with E-state index in [9.17, 15) is 0 Å². The molecule has 2 heteroatoms. The van der Waals surface area contributed by atoms with E-state index in [4.69, 9.17) is 4.74 Å². The summed E-state index contributed by atoms with van der Waals surface area (Å²) in [6.07, 6.45) is 6.75. The molecule has 36 heavy (non-hydrogen) atoms. The lowest BCUT2D eigenvalue weighted by molar-refractivity contribution is 0.315. The standard InChI is InChI=1S/C34H33NO/c1-3-19-36-34-24-33(18-17-25(34)2)35-32-16-10-15-28(23-32)31-21-29(26-11-6-4-7-12-26)20-30(22-31)27-13-8-5-9-14-27/h4-18,20-21,23-24,31,35H,3,19,22H2,1-2H3. The van der Waals surface area contributed by atoms with Gasteiger partial charge in [0.15, 0.2) is 0 Å². The van der Waals surface area contributed by atoms with E-state index in [2.05, 4.69) is 134 Å². The van der Waals surface area contributed by atoms with Crippen LogP contribution in [-0.4, -0.2) is 6.61 Å². The minimum atomic E-state index is 0.295. The molecule has 0 saturated heterocycles. The van der Waals surface area contributed by atoms with Gasteiger partial charge in [-0.1, -0.05) is 97.9 Å². The maximum Gasteiger partial charge on any atom is 0.124 e. The Kier molecular flexibility index (Phi) is 7.33. The number of hydrogen-bond acceptors (Lipinski definition) is 2. The van der Waals surface area contributed by atoms with Crippen LogP contribution in [0, 0.1) is 6.92 Å². The summed E-state index contributed by atoms with van der Waals surface area (Å²) in [6.45, 7) is 4.95. The van der Waals surface area contributed by atoms with Gasteiger partial charge in [0.1, 0.15) is 5.75 Å². The summed E-state index contributed by atoms with van der Waals surface area (Å²) in [5.41, 5.74) is 9.79. The van der Waals surface area contributed by atoms with Gasteiger partial charge in [0.25, 0.3) is 0 Å². The Hall–Kier alpha value is -4.04. The molecule has 1 aliphatic rings. The first-order valence-electron chi connectivity index (χ1n) is 12.8. The summed E-state index contributed by atoms with van der Waals surface area (Å²) in [7, 11) is 0. The molecule has 0 aromatic heterocycles. The number of anilines is 2. The minimum Gasteiger partial charge on any atom is -0.493 e. The normalized spacial score (nSPS) is 15.1. The number of benzene rings is 4. The van der Waals surface area contributed by atoms with Crippen molar-refractivity contribution in [3.63, 3.8) is 0 Å². The van der Waals surface area contributed by atoms with Crippen LogP contribution in [0.15, 0.2) is 115 Å². The van der Waals surface area contributed by atoms with Crippen LogP contribution in [0.1, 0.15) is 47.9 Å². The van der Waals surface area contributed by atoms with Crippen LogP contribution in [0.4, 0.5) is 11.4 Å². The SMILES string of the molecule is CCCOc1cc(Nc2cccc(C3C=C(c4ccccc4)C=C(c4ccccc4)C3)c2)ccc1C. The number of nitrogens with one attached hydrogen (secondary N) is 1. The van der Waals surface area contributed by atoms with Crippen molar-refractivity contribution >= 4 is 22.5 Å². The second kappa shape index (κ2) is 11.1. The first-order valence-corrected chi connectivity index (χ1v) is 12.8. The molecule has 4 aromatic rings. The topological polar surface area (TPSA) is 21.3 Å². The predicted molar refractivity (Wildman–Crippen MR) is 153 cm³/mol. The van der Waals surface area contributed by atoms with E-state index in [0.717, 1.165) is 42.1 Å². The summed E-state index contributed by atoms with van der Waals surface area (Å²) in [5, 5.41) is 3.60. The average molecular weight is 472 g/mol. The van der Waals surface area contributed by atoms with Gasteiger partial charge in [-0.3, -0.25) is 0 Å². The van der Waals surface area contributed by atoms with E-state index in [-0.39, 0.29) is 0 Å². The Bertz CT molecular complexity index is 1370. The zero-order valence-corrected chi connectivity index (χ0v) is 21.1. The Balaban J connectivity index is 1.44. The van der Waals surface area contributed by atoms with Crippen molar-refractivity contribution < 1.29 is 4.74 Å². The van der Waals surface area contributed by atoms with Crippen LogP contribution in [-0.2, 0) is 0 Å². The summed E-state index contributed by atoms with van der Waals surface area (Å²) in [6, 6.07) is 36.6. The van der Waals surface area contributed by atoms with Crippen LogP contribution in [0.25, 0.3) is 11.1 Å². The van der Waals surface area contributed by atoms with Gasteiger partial charge in [0, 0.05) is 23.4 Å². The summed E-state index contributed by atoms with van der Waals surface area (Å²) in [4.78, 5) is 0. The molecule has 0 spiro atoms. The number of aryl methyl sites for hydroxylation is 1. The van der Waals surface area contributed by atoms with Crippen molar-refractivity contribution in [1.29, 1.82) is 0 Å². The van der Waals surface area contributed by atoms with E-state index in [1.165, 1.54) is 27.8 Å². The molecular formula is C34H33NO. The van der Waals surface area contributed by atoms with Crippen LogP contribution in [0.3, 0.4) is 0 Å². The number of hydrogen-bond donors (Lipinski definition) is 1. The van der Waals surface area contributed by atoms with Crippen molar-refractivity contribution in [1.82, 2.24) is 0 Å². The second-order valence-electron chi connectivity index (χ2n) is 9.41. The fourth-order valence-corrected chi connectivity index (χ4v) is 4.74. The molecule has 1 unspecified atom stereocenters. The van der Waals surface area contributed by atoms with Crippen molar-refractivity contribution in [2.24, 2.45) is 0 Å². The zero-order chi connectivity index (χ0) is 24.7. The highest BCUT2D eigenvalue weighted by Gasteiger charge is 2.19.